The fourth-order valence-electron chi connectivity index (χ4n) is 5.80. The molecular weight excluding hydrogens is 621 g/mol. The number of fused-ring (bicyclic) bond motifs is 1. The van der Waals surface area contributed by atoms with Crippen molar-refractivity contribution in [2.45, 2.75) is 75.6 Å². The van der Waals surface area contributed by atoms with Gasteiger partial charge in [0.2, 0.25) is 11.8 Å². The van der Waals surface area contributed by atoms with Crippen LogP contribution in [0.4, 0.5) is 10.5 Å². The van der Waals surface area contributed by atoms with E-state index >= 15 is 0 Å². The first kappa shape index (κ1) is 34.4. The van der Waals surface area contributed by atoms with E-state index in [1.807, 2.05) is 0 Å². The number of thioether (sulfide) groups is 1. The predicted molar refractivity (Wildman–Crippen MR) is 170 cm³/mol. The monoisotopic (exact) mass is 662 g/mol. The number of likely N-dealkylation sites (tertiary alicyclic amines) is 1. The molecule has 1 unspecified atom stereocenters. The Bertz CT molecular complexity index is 1410. The summed E-state index contributed by atoms with van der Waals surface area (Å²) in [6.07, 6.45) is 0.293. The Hall–Kier alpha value is -3.43. The van der Waals surface area contributed by atoms with E-state index in [-0.39, 0.29) is 47.2 Å². The van der Waals surface area contributed by atoms with Crippen LogP contribution < -0.4 is 0 Å². The highest BCUT2D eigenvalue weighted by atomic mass is 32.2. The number of hydrogen-bond acceptors (Lipinski definition) is 9. The Labute approximate surface area is 268 Å². The number of amides is 3. The van der Waals surface area contributed by atoms with E-state index in [4.69, 9.17) is 9.16 Å². The molecule has 13 nitrogen and oxygen atoms in total. The lowest BCUT2D eigenvalue weighted by Gasteiger charge is -2.50. The van der Waals surface area contributed by atoms with Crippen molar-refractivity contribution < 1.29 is 38.4 Å². The summed E-state index contributed by atoms with van der Waals surface area (Å²) in [5, 5.41) is 21.0. The second kappa shape index (κ2) is 12.8. The molecule has 1 aromatic carbocycles. The van der Waals surface area contributed by atoms with E-state index in [1.165, 1.54) is 50.7 Å². The zero-order valence-corrected chi connectivity index (χ0v) is 28.6. The smallest absolute Gasteiger partial charge is 0.410 e. The van der Waals surface area contributed by atoms with Crippen molar-refractivity contribution in [2.75, 3.05) is 33.8 Å². The number of carboxylic acid groups (broad SMARTS) is 1. The minimum absolute atomic E-state index is 0.0433. The van der Waals surface area contributed by atoms with Crippen molar-refractivity contribution in [3.63, 3.8) is 0 Å². The predicted octanol–water partition coefficient (Wildman–Crippen LogP) is 4.44. The molecule has 3 atom stereocenters. The number of non-ortho nitro benzene ring substituents is 1. The number of likely N-dealkylation sites (N-methyl/N-ethyl adjacent to an activating group) is 1. The summed E-state index contributed by atoms with van der Waals surface area (Å²) >= 11 is 1.32. The highest BCUT2D eigenvalue weighted by Gasteiger charge is 2.69. The van der Waals surface area contributed by atoms with Crippen molar-refractivity contribution in [2.24, 2.45) is 5.92 Å². The van der Waals surface area contributed by atoms with Gasteiger partial charge in [-0.2, -0.15) is 0 Å². The van der Waals surface area contributed by atoms with Crippen molar-refractivity contribution in [3.8, 4) is 0 Å². The van der Waals surface area contributed by atoms with Gasteiger partial charge in [0, 0.05) is 62.0 Å². The first-order valence-electron chi connectivity index (χ1n) is 14.9. The molecule has 0 aliphatic carbocycles. The van der Waals surface area contributed by atoms with Crippen LogP contribution in [0.1, 0.15) is 45.6 Å². The topological polar surface area (TPSA) is 160 Å². The summed E-state index contributed by atoms with van der Waals surface area (Å²) in [5.41, 5.74) is -0.941. The molecule has 2 saturated heterocycles. The van der Waals surface area contributed by atoms with Crippen LogP contribution >= 0.6 is 11.8 Å². The second-order valence-corrected chi connectivity index (χ2v) is 19.6. The summed E-state index contributed by atoms with van der Waals surface area (Å²) in [7, 11) is 1.06. The van der Waals surface area contributed by atoms with Gasteiger partial charge in [-0.25, -0.2) is 9.59 Å². The van der Waals surface area contributed by atoms with Crippen LogP contribution in [0.5, 0.6) is 0 Å². The van der Waals surface area contributed by atoms with Crippen LogP contribution in [0.25, 0.3) is 0 Å². The number of nitrogens with zero attached hydrogens (tertiary/aromatic N) is 4. The fraction of sp³-hybridized carbons (Fsp3) is 0.600. The molecule has 3 heterocycles. The van der Waals surface area contributed by atoms with E-state index in [9.17, 15) is 34.4 Å². The van der Waals surface area contributed by atoms with Crippen LogP contribution in [0.15, 0.2) is 34.9 Å². The third-order valence-corrected chi connectivity index (χ3v) is 15.3. The number of aliphatic carboxylic acids is 1. The molecule has 0 radical (unpaired) electrons. The molecule has 3 amide bonds. The summed E-state index contributed by atoms with van der Waals surface area (Å²) in [4.78, 5) is 67.2. The molecule has 0 saturated carbocycles. The summed E-state index contributed by atoms with van der Waals surface area (Å²) < 4.78 is 11.9. The average molecular weight is 663 g/mol. The summed E-state index contributed by atoms with van der Waals surface area (Å²) in [5.74, 6) is -2.58. The van der Waals surface area contributed by atoms with Gasteiger partial charge in [-0.05, 0) is 48.7 Å². The number of nitro groups is 1. The minimum Gasteiger partial charge on any atom is -0.477 e. The number of carbonyl (C=O) groups excluding carboxylic acids is 3. The van der Waals surface area contributed by atoms with Gasteiger partial charge in [-0.15, -0.1) is 11.8 Å². The Morgan fingerprint density at radius 2 is 1.84 bits per heavy atom. The molecule has 45 heavy (non-hydrogen) atoms. The molecule has 1 aromatic rings. The van der Waals surface area contributed by atoms with E-state index < -0.39 is 42.7 Å². The van der Waals surface area contributed by atoms with Gasteiger partial charge in [0.1, 0.15) is 17.8 Å². The molecule has 0 aromatic heterocycles. The molecule has 0 bridgehead atoms. The highest BCUT2D eigenvalue weighted by Crippen LogP contribution is 2.57. The van der Waals surface area contributed by atoms with Gasteiger partial charge in [0.05, 0.1) is 11.3 Å². The van der Waals surface area contributed by atoms with Crippen LogP contribution in [0, 0.1) is 16.0 Å². The van der Waals surface area contributed by atoms with E-state index in [0.29, 0.717) is 36.5 Å². The maximum absolute atomic E-state index is 13.7. The molecular formula is C30H42N4O9SSi. The lowest BCUT2D eigenvalue weighted by atomic mass is 9.73. The normalized spacial score (nSPS) is 23.1. The number of carbonyl (C=O) groups is 4. The standard InChI is InChI=1S/C30H42N4O9SSi/c1-29(2,3)45(6,7)43-15-13-22-25(24(26(36)37)33-23(35)16-30(22,33)27(38)31(4)5)44-21-12-14-32(17-21)28(39)42-18-19-8-10-20(11-9-19)34(40)41/h8-11,21-22H,12-18H2,1-7H3,(H,36,37)/t21-,22-,30?/m0/s1. The first-order chi connectivity index (χ1) is 20.9. The molecule has 3 aliphatic heterocycles. The minimum atomic E-state index is -2.15. The van der Waals surface area contributed by atoms with E-state index in [0.717, 1.165) is 0 Å². The Morgan fingerprint density at radius 1 is 1.20 bits per heavy atom. The van der Waals surface area contributed by atoms with Crippen molar-refractivity contribution >= 4 is 49.6 Å². The van der Waals surface area contributed by atoms with Crippen LogP contribution in [0.3, 0.4) is 0 Å². The molecule has 4 rings (SSSR count). The van der Waals surface area contributed by atoms with Crippen molar-refractivity contribution in [1.29, 1.82) is 0 Å². The Balaban J connectivity index is 1.52. The first-order valence-corrected chi connectivity index (χ1v) is 18.7. The van der Waals surface area contributed by atoms with Crippen molar-refractivity contribution in [3.05, 3.63) is 50.5 Å². The summed E-state index contributed by atoms with van der Waals surface area (Å²) in [6, 6.07) is 5.74. The third-order valence-electron chi connectivity index (χ3n) is 9.28. The molecule has 2 fully saturated rings. The molecule has 3 aliphatic rings. The number of rotatable bonds is 11. The van der Waals surface area contributed by atoms with Gasteiger partial charge < -0.3 is 24.1 Å². The number of β-lactam (4-membered cyclic amide) rings is 1. The molecule has 1 N–H and O–H groups in total. The number of hydrogen-bond donors (Lipinski definition) is 1. The van der Waals surface area contributed by atoms with Crippen LogP contribution in [0.2, 0.25) is 18.1 Å². The highest BCUT2D eigenvalue weighted by molar-refractivity contribution is 8.03. The third kappa shape index (κ3) is 6.61. The van der Waals surface area contributed by atoms with Crippen molar-refractivity contribution in [1.82, 2.24) is 14.7 Å². The van der Waals surface area contributed by atoms with Gasteiger partial charge >= 0.3 is 12.1 Å². The largest absolute Gasteiger partial charge is 0.477 e. The van der Waals surface area contributed by atoms with Gasteiger partial charge in [0.25, 0.3) is 5.69 Å². The van der Waals surface area contributed by atoms with E-state index in [2.05, 4.69) is 33.9 Å². The SMILES string of the molecule is CN(C)C(=O)C12CC(=O)N1C(C(=O)O)=C(S[C@H]1CCN(C(=O)OCc3ccc([N+](=O)[O-])cc3)C1)[C@@H]2CCO[Si](C)(C)C(C)(C)C. The zero-order chi connectivity index (χ0) is 33.5. The van der Waals surface area contributed by atoms with Gasteiger partial charge in [0.15, 0.2) is 8.32 Å². The number of benzene rings is 1. The molecule has 0 spiro atoms. The number of nitro benzene ring substituents is 1. The number of carboxylic acids is 1. The fourth-order valence-corrected chi connectivity index (χ4v) is 8.47. The average Bonchev–Trinajstić information content (AvgIpc) is 3.50. The quantitative estimate of drug-likeness (QED) is 0.155. The lowest BCUT2D eigenvalue weighted by Crippen LogP contribution is -2.70. The van der Waals surface area contributed by atoms with E-state index in [1.54, 1.807) is 14.1 Å². The molecule has 15 heteroatoms. The van der Waals surface area contributed by atoms with Crippen LogP contribution in [-0.4, -0.2) is 102 Å². The maximum Gasteiger partial charge on any atom is 0.410 e. The Kier molecular flexibility index (Phi) is 9.76. The second-order valence-electron chi connectivity index (χ2n) is 13.5. The van der Waals surface area contributed by atoms with Crippen LogP contribution in [-0.2, 0) is 30.2 Å². The summed E-state index contributed by atoms with van der Waals surface area (Å²) in [6.45, 7) is 11.6. The molecule has 246 valence electrons. The lowest BCUT2D eigenvalue weighted by molar-refractivity contribution is -0.384. The van der Waals surface area contributed by atoms with Gasteiger partial charge in [-0.1, -0.05) is 20.8 Å². The van der Waals surface area contributed by atoms with Gasteiger partial charge in [-0.3, -0.25) is 24.6 Å². The number of ether oxygens (including phenoxy) is 1. The Morgan fingerprint density at radius 3 is 2.38 bits per heavy atom. The zero-order valence-electron chi connectivity index (χ0n) is 26.8. The maximum atomic E-state index is 13.7.